The Morgan fingerprint density at radius 3 is 2.82 bits per heavy atom. The van der Waals surface area contributed by atoms with Gasteiger partial charge in [0.25, 0.3) is 0 Å². The first-order valence-electron chi connectivity index (χ1n) is 3.50. The molecule has 0 fully saturated rings. The average molecular weight is 173 g/mol. The van der Waals surface area contributed by atoms with Crippen LogP contribution in [0.15, 0.2) is 11.4 Å². The predicted molar refractivity (Wildman–Crippen MR) is 44.4 cm³/mol. The third-order valence-electron chi connectivity index (χ3n) is 1.41. The van der Waals surface area contributed by atoms with Gasteiger partial charge in [0.1, 0.15) is 5.69 Å². The van der Waals surface area contributed by atoms with E-state index in [1.165, 1.54) is 0 Å². The molecule has 1 aromatic heterocycles. The molecule has 62 valence electrons. The Morgan fingerprint density at radius 1 is 1.55 bits per heavy atom. The first kappa shape index (κ1) is 8.52. The van der Waals surface area contributed by atoms with Crippen LogP contribution in [0.25, 0.3) is 0 Å². The van der Waals surface area contributed by atoms with E-state index in [2.05, 4.69) is 6.92 Å². The van der Waals surface area contributed by atoms with Crippen LogP contribution in [0.2, 0.25) is 0 Å². The van der Waals surface area contributed by atoms with Crippen LogP contribution in [-0.4, -0.2) is 10.4 Å². The molecule has 1 heterocycles. The van der Waals surface area contributed by atoms with Crippen LogP contribution >= 0.6 is 11.3 Å². The van der Waals surface area contributed by atoms with Gasteiger partial charge in [0, 0.05) is 4.88 Å². The van der Waals surface area contributed by atoms with Crippen molar-refractivity contribution in [3.8, 4) is 0 Å². The minimum Gasteiger partial charge on any atom is -0.264 e. The minimum atomic E-state index is 0.182. The van der Waals surface area contributed by atoms with Crippen LogP contribution in [0.1, 0.15) is 18.2 Å². The SMILES string of the molecule is CCCc1sccc1N(O)O. The summed E-state index contributed by atoms with van der Waals surface area (Å²) in [4.78, 5) is 1.01. The van der Waals surface area contributed by atoms with Gasteiger partial charge in [-0.25, -0.2) is 0 Å². The highest BCUT2D eigenvalue weighted by Crippen LogP contribution is 2.25. The Bertz CT molecular complexity index is 222. The van der Waals surface area contributed by atoms with E-state index in [-0.39, 0.29) is 5.23 Å². The lowest BCUT2D eigenvalue weighted by Gasteiger charge is -2.07. The van der Waals surface area contributed by atoms with Crippen LogP contribution in [-0.2, 0) is 6.42 Å². The van der Waals surface area contributed by atoms with E-state index in [1.54, 1.807) is 17.4 Å². The van der Waals surface area contributed by atoms with E-state index in [0.717, 1.165) is 17.7 Å². The van der Waals surface area contributed by atoms with Gasteiger partial charge in [0.2, 0.25) is 0 Å². The molecule has 2 N–H and O–H groups in total. The molecule has 1 rings (SSSR count). The summed E-state index contributed by atoms with van der Waals surface area (Å²) >= 11 is 1.54. The highest BCUT2D eigenvalue weighted by atomic mass is 32.1. The molecular formula is C7H11NO2S. The first-order chi connectivity index (χ1) is 5.25. The number of aryl methyl sites for hydroxylation is 1. The van der Waals surface area contributed by atoms with E-state index in [0.29, 0.717) is 5.69 Å². The van der Waals surface area contributed by atoms with Gasteiger partial charge in [-0.05, 0) is 17.9 Å². The van der Waals surface area contributed by atoms with Crippen LogP contribution < -0.4 is 5.23 Å². The summed E-state index contributed by atoms with van der Waals surface area (Å²) in [6.07, 6.45) is 1.91. The van der Waals surface area contributed by atoms with Gasteiger partial charge in [-0.1, -0.05) is 13.3 Å². The van der Waals surface area contributed by atoms with Gasteiger partial charge in [-0.2, -0.15) is 0 Å². The predicted octanol–water partition coefficient (Wildman–Crippen LogP) is 2.29. The van der Waals surface area contributed by atoms with E-state index >= 15 is 0 Å². The van der Waals surface area contributed by atoms with Gasteiger partial charge in [0.15, 0.2) is 0 Å². The van der Waals surface area contributed by atoms with Gasteiger partial charge < -0.3 is 0 Å². The maximum atomic E-state index is 8.72. The van der Waals surface area contributed by atoms with E-state index in [4.69, 9.17) is 10.4 Å². The molecule has 0 unspecified atom stereocenters. The summed E-state index contributed by atoms with van der Waals surface area (Å²) in [6, 6.07) is 1.69. The fraction of sp³-hybridized carbons (Fsp3) is 0.429. The molecule has 0 saturated heterocycles. The lowest BCUT2D eigenvalue weighted by atomic mass is 10.2. The van der Waals surface area contributed by atoms with E-state index in [9.17, 15) is 0 Å². The van der Waals surface area contributed by atoms with Crippen molar-refractivity contribution in [2.24, 2.45) is 0 Å². The van der Waals surface area contributed by atoms with Crippen molar-refractivity contribution in [3.05, 3.63) is 16.3 Å². The summed E-state index contributed by atoms with van der Waals surface area (Å²) in [5.41, 5.74) is 0.497. The fourth-order valence-electron chi connectivity index (χ4n) is 0.926. The molecule has 0 aliphatic carbocycles. The molecule has 4 heteroatoms. The van der Waals surface area contributed by atoms with Crippen LogP contribution in [0.4, 0.5) is 5.69 Å². The van der Waals surface area contributed by atoms with Gasteiger partial charge in [-0.15, -0.1) is 16.6 Å². The van der Waals surface area contributed by atoms with Crippen molar-refractivity contribution in [1.82, 2.24) is 0 Å². The molecule has 0 saturated carbocycles. The lowest BCUT2D eigenvalue weighted by molar-refractivity contribution is 0.0290. The number of hydrogen-bond acceptors (Lipinski definition) is 4. The molecule has 11 heavy (non-hydrogen) atoms. The smallest absolute Gasteiger partial charge is 0.108 e. The van der Waals surface area contributed by atoms with Crippen LogP contribution in [0, 0.1) is 0 Å². The standard InChI is InChI=1S/C7H11NO2S/c1-2-3-7-6(8(9)10)4-5-11-7/h4-5,9-10H,2-3H2,1H3. The lowest BCUT2D eigenvalue weighted by Crippen LogP contribution is -2.11. The second-order valence-electron chi connectivity index (χ2n) is 2.27. The largest absolute Gasteiger partial charge is 0.264 e. The second kappa shape index (κ2) is 3.71. The average Bonchev–Trinajstić information content (AvgIpc) is 2.36. The quantitative estimate of drug-likeness (QED) is 0.689. The number of rotatable bonds is 3. The van der Waals surface area contributed by atoms with Crippen molar-refractivity contribution in [3.63, 3.8) is 0 Å². The minimum absolute atomic E-state index is 0.182. The molecule has 0 amide bonds. The third-order valence-corrected chi connectivity index (χ3v) is 2.38. The molecular weight excluding hydrogens is 162 g/mol. The Labute approximate surface area is 69.4 Å². The Balaban J connectivity index is 2.78. The monoisotopic (exact) mass is 173 g/mol. The Hall–Kier alpha value is -0.580. The number of nitrogens with zero attached hydrogens (tertiary/aromatic N) is 1. The topological polar surface area (TPSA) is 43.7 Å². The Kier molecular flexibility index (Phi) is 2.87. The highest BCUT2D eigenvalue weighted by molar-refractivity contribution is 7.10. The van der Waals surface area contributed by atoms with Crippen LogP contribution in [0.3, 0.4) is 0 Å². The zero-order valence-corrected chi connectivity index (χ0v) is 7.14. The zero-order chi connectivity index (χ0) is 8.27. The maximum absolute atomic E-state index is 8.72. The van der Waals surface area contributed by atoms with Gasteiger partial charge in [0.05, 0.1) is 0 Å². The molecule has 0 aliphatic heterocycles. The van der Waals surface area contributed by atoms with E-state index in [1.807, 2.05) is 5.38 Å². The molecule has 0 aliphatic rings. The summed E-state index contributed by atoms with van der Waals surface area (Å²) < 4.78 is 0. The molecule has 0 spiro atoms. The third kappa shape index (κ3) is 1.92. The molecule has 3 nitrogen and oxygen atoms in total. The van der Waals surface area contributed by atoms with Gasteiger partial charge >= 0.3 is 0 Å². The Morgan fingerprint density at radius 2 is 2.27 bits per heavy atom. The molecule has 0 atom stereocenters. The van der Waals surface area contributed by atoms with Crippen molar-refractivity contribution in [2.75, 3.05) is 5.23 Å². The first-order valence-corrected chi connectivity index (χ1v) is 4.38. The number of thiophene rings is 1. The summed E-state index contributed by atoms with van der Waals surface area (Å²) in [6.45, 7) is 2.06. The van der Waals surface area contributed by atoms with Crippen molar-refractivity contribution >= 4 is 17.0 Å². The summed E-state index contributed by atoms with van der Waals surface area (Å²) in [5, 5.41) is 19.5. The van der Waals surface area contributed by atoms with E-state index < -0.39 is 0 Å². The summed E-state index contributed by atoms with van der Waals surface area (Å²) in [5.74, 6) is 0. The van der Waals surface area contributed by atoms with Gasteiger partial charge in [-0.3, -0.25) is 10.4 Å². The van der Waals surface area contributed by atoms with Crippen molar-refractivity contribution < 1.29 is 10.4 Å². The molecule has 0 radical (unpaired) electrons. The maximum Gasteiger partial charge on any atom is 0.108 e. The summed E-state index contributed by atoms with van der Waals surface area (Å²) in [7, 11) is 0. The molecule has 0 bridgehead atoms. The number of anilines is 1. The fourth-order valence-corrected chi connectivity index (χ4v) is 1.88. The van der Waals surface area contributed by atoms with Crippen molar-refractivity contribution in [2.45, 2.75) is 19.8 Å². The molecule has 0 aromatic carbocycles. The number of hydrogen-bond donors (Lipinski definition) is 2. The van der Waals surface area contributed by atoms with Crippen LogP contribution in [0.5, 0.6) is 0 Å². The molecule has 1 aromatic rings. The normalized spacial score (nSPS) is 10.1. The zero-order valence-electron chi connectivity index (χ0n) is 6.32. The van der Waals surface area contributed by atoms with Crippen molar-refractivity contribution in [1.29, 1.82) is 0 Å². The second-order valence-corrected chi connectivity index (χ2v) is 3.27. The highest BCUT2D eigenvalue weighted by Gasteiger charge is 2.06.